The van der Waals surface area contributed by atoms with Gasteiger partial charge in [0.1, 0.15) is 5.82 Å². The Balaban J connectivity index is 1.80. The van der Waals surface area contributed by atoms with Crippen LogP contribution in [0.3, 0.4) is 0 Å². The standard InChI is InChI=1S/C13H17BrN2O2/c1-9-7-12(15-8-11(9)14)16-13(17)5-4-10-3-2-6-18-10/h7-8,10H,2-6H2,1H3,(H,15,16,17). The normalized spacial score (nSPS) is 18.9. The highest BCUT2D eigenvalue weighted by molar-refractivity contribution is 9.10. The van der Waals surface area contributed by atoms with Crippen LogP contribution in [0.4, 0.5) is 5.82 Å². The maximum atomic E-state index is 11.7. The molecule has 1 aromatic heterocycles. The van der Waals surface area contributed by atoms with Gasteiger partial charge in [-0.05, 0) is 53.7 Å². The average Bonchev–Trinajstić information content (AvgIpc) is 2.84. The number of pyridine rings is 1. The molecule has 5 heteroatoms. The van der Waals surface area contributed by atoms with Crippen LogP contribution in [0, 0.1) is 6.92 Å². The van der Waals surface area contributed by atoms with Crippen LogP contribution in [-0.4, -0.2) is 23.6 Å². The number of nitrogens with one attached hydrogen (secondary N) is 1. The van der Waals surface area contributed by atoms with E-state index in [9.17, 15) is 4.79 Å². The van der Waals surface area contributed by atoms with Crippen molar-refractivity contribution in [3.05, 3.63) is 22.3 Å². The molecule has 1 aromatic rings. The van der Waals surface area contributed by atoms with Gasteiger partial charge in [0.25, 0.3) is 0 Å². The minimum absolute atomic E-state index is 0.000257. The van der Waals surface area contributed by atoms with Crippen molar-refractivity contribution in [1.82, 2.24) is 4.98 Å². The largest absolute Gasteiger partial charge is 0.378 e. The van der Waals surface area contributed by atoms with Crippen molar-refractivity contribution in [2.24, 2.45) is 0 Å². The molecule has 98 valence electrons. The molecule has 0 bridgehead atoms. The Morgan fingerprint density at radius 3 is 3.17 bits per heavy atom. The molecule has 2 heterocycles. The van der Waals surface area contributed by atoms with Crippen LogP contribution in [0.1, 0.15) is 31.2 Å². The lowest BCUT2D eigenvalue weighted by molar-refractivity contribution is -0.116. The van der Waals surface area contributed by atoms with Gasteiger partial charge in [-0.3, -0.25) is 4.79 Å². The average molecular weight is 313 g/mol. The zero-order chi connectivity index (χ0) is 13.0. The molecule has 1 saturated heterocycles. The molecular weight excluding hydrogens is 296 g/mol. The van der Waals surface area contributed by atoms with Gasteiger partial charge in [0.05, 0.1) is 6.10 Å². The van der Waals surface area contributed by atoms with Crippen LogP contribution in [0.5, 0.6) is 0 Å². The molecular formula is C13H17BrN2O2. The number of halogens is 1. The molecule has 0 radical (unpaired) electrons. The van der Waals surface area contributed by atoms with Gasteiger partial charge in [0.15, 0.2) is 0 Å². The van der Waals surface area contributed by atoms with Crippen LogP contribution in [0.25, 0.3) is 0 Å². The van der Waals surface area contributed by atoms with E-state index in [1.54, 1.807) is 6.20 Å². The van der Waals surface area contributed by atoms with Crippen molar-refractivity contribution in [3.63, 3.8) is 0 Å². The molecule has 0 aromatic carbocycles. The third-order valence-electron chi connectivity index (χ3n) is 3.03. The second-order valence-electron chi connectivity index (χ2n) is 4.54. The van der Waals surface area contributed by atoms with E-state index in [0.29, 0.717) is 12.2 Å². The topological polar surface area (TPSA) is 51.2 Å². The number of carbonyl (C=O) groups is 1. The molecule has 0 spiro atoms. The number of rotatable bonds is 4. The fourth-order valence-electron chi connectivity index (χ4n) is 1.98. The lowest BCUT2D eigenvalue weighted by Crippen LogP contribution is -2.16. The first kappa shape index (κ1) is 13.5. The van der Waals surface area contributed by atoms with Crippen molar-refractivity contribution in [2.75, 3.05) is 11.9 Å². The summed E-state index contributed by atoms with van der Waals surface area (Å²) in [4.78, 5) is 15.9. The van der Waals surface area contributed by atoms with Crippen LogP contribution in [-0.2, 0) is 9.53 Å². The Morgan fingerprint density at radius 1 is 1.67 bits per heavy atom. The highest BCUT2D eigenvalue weighted by Gasteiger charge is 2.16. The SMILES string of the molecule is Cc1cc(NC(=O)CCC2CCCO2)ncc1Br. The van der Waals surface area contributed by atoms with Gasteiger partial charge in [-0.15, -0.1) is 0 Å². The highest BCUT2D eigenvalue weighted by atomic mass is 79.9. The van der Waals surface area contributed by atoms with E-state index in [2.05, 4.69) is 26.2 Å². The Labute approximate surface area is 115 Å². The summed E-state index contributed by atoms with van der Waals surface area (Å²) < 4.78 is 6.43. The first-order chi connectivity index (χ1) is 8.65. The molecule has 1 amide bonds. The second-order valence-corrected chi connectivity index (χ2v) is 5.39. The van der Waals surface area contributed by atoms with E-state index in [1.807, 2.05) is 13.0 Å². The number of hydrogen-bond donors (Lipinski definition) is 1. The second kappa shape index (κ2) is 6.29. The van der Waals surface area contributed by atoms with E-state index in [-0.39, 0.29) is 12.0 Å². The summed E-state index contributed by atoms with van der Waals surface area (Å²) in [5.74, 6) is 0.604. The van der Waals surface area contributed by atoms with E-state index < -0.39 is 0 Å². The molecule has 0 saturated carbocycles. The van der Waals surface area contributed by atoms with Crippen molar-refractivity contribution < 1.29 is 9.53 Å². The Morgan fingerprint density at radius 2 is 2.50 bits per heavy atom. The summed E-state index contributed by atoms with van der Waals surface area (Å²) in [6.45, 7) is 2.80. The van der Waals surface area contributed by atoms with Gasteiger partial charge < -0.3 is 10.1 Å². The van der Waals surface area contributed by atoms with E-state index in [4.69, 9.17) is 4.74 Å². The number of aromatic nitrogens is 1. The lowest BCUT2D eigenvalue weighted by Gasteiger charge is -2.09. The minimum Gasteiger partial charge on any atom is -0.378 e. The predicted octanol–water partition coefficient (Wildman–Crippen LogP) is 3.05. The first-order valence-corrected chi connectivity index (χ1v) is 6.98. The van der Waals surface area contributed by atoms with Gasteiger partial charge in [0.2, 0.25) is 5.91 Å². The third kappa shape index (κ3) is 3.78. The molecule has 2 rings (SSSR count). The van der Waals surface area contributed by atoms with Crippen LogP contribution >= 0.6 is 15.9 Å². The summed E-state index contributed by atoms with van der Waals surface area (Å²) in [5, 5.41) is 2.81. The minimum atomic E-state index is -0.000257. The lowest BCUT2D eigenvalue weighted by atomic mass is 10.1. The summed E-state index contributed by atoms with van der Waals surface area (Å²) in [6.07, 6.45) is 5.42. The van der Waals surface area contributed by atoms with Crippen LogP contribution in [0.15, 0.2) is 16.7 Å². The van der Waals surface area contributed by atoms with E-state index in [0.717, 1.165) is 35.9 Å². The van der Waals surface area contributed by atoms with Crippen molar-refractivity contribution in [3.8, 4) is 0 Å². The number of nitrogens with zero attached hydrogens (tertiary/aromatic N) is 1. The molecule has 1 atom stereocenters. The smallest absolute Gasteiger partial charge is 0.225 e. The Hall–Kier alpha value is -0.940. The van der Waals surface area contributed by atoms with E-state index >= 15 is 0 Å². The molecule has 0 aliphatic carbocycles. The van der Waals surface area contributed by atoms with Crippen molar-refractivity contribution >= 4 is 27.7 Å². The fourth-order valence-corrected chi connectivity index (χ4v) is 2.19. The number of anilines is 1. The highest BCUT2D eigenvalue weighted by Crippen LogP contribution is 2.19. The predicted molar refractivity (Wildman–Crippen MR) is 73.5 cm³/mol. The summed E-state index contributed by atoms with van der Waals surface area (Å²) >= 11 is 3.38. The molecule has 1 aliphatic heterocycles. The summed E-state index contributed by atoms with van der Waals surface area (Å²) in [6, 6.07) is 1.86. The summed E-state index contributed by atoms with van der Waals surface area (Å²) in [7, 11) is 0. The fraction of sp³-hybridized carbons (Fsp3) is 0.538. The van der Waals surface area contributed by atoms with Gasteiger partial charge >= 0.3 is 0 Å². The zero-order valence-corrected chi connectivity index (χ0v) is 12.0. The molecule has 18 heavy (non-hydrogen) atoms. The number of ether oxygens (including phenoxy) is 1. The third-order valence-corrected chi connectivity index (χ3v) is 3.86. The molecule has 1 unspecified atom stereocenters. The van der Waals surface area contributed by atoms with E-state index in [1.165, 1.54) is 0 Å². The number of carbonyl (C=O) groups excluding carboxylic acids is 1. The maximum absolute atomic E-state index is 11.7. The van der Waals surface area contributed by atoms with Crippen molar-refractivity contribution in [2.45, 2.75) is 38.7 Å². The quantitative estimate of drug-likeness (QED) is 0.929. The Bertz CT molecular complexity index is 431. The van der Waals surface area contributed by atoms with Crippen LogP contribution in [0.2, 0.25) is 0 Å². The van der Waals surface area contributed by atoms with Crippen LogP contribution < -0.4 is 5.32 Å². The van der Waals surface area contributed by atoms with Gasteiger partial charge in [-0.1, -0.05) is 0 Å². The number of amides is 1. The zero-order valence-electron chi connectivity index (χ0n) is 10.4. The molecule has 4 nitrogen and oxygen atoms in total. The van der Waals surface area contributed by atoms with Crippen molar-refractivity contribution in [1.29, 1.82) is 0 Å². The number of hydrogen-bond acceptors (Lipinski definition) is 3. The van der Waals surface area contributed by atoms with Gasteiger partial charge in [-0.2, -0.15) is 0 Å². The summed E-state index contributed by atoms with van der Waals surface area (Å²) in [5.41, 5.74) is 1.06. The molecule has 1 fully saturated rings. The number of aryl methyl sites for hydroxylation is 1. The molecule has 1 N–H and O–H groups in total. The van der Waals surface area contributed by atoms with Gasteiger partial charge in [-0.25, -0.2) is 4.98 Å². The molecule has 1 aliphatic rings. The monoisotopic (exact) mass is 312 g/mol. The first-order valence-electron chi connectivity index (χ1n) is 6.19. The maximum Gasteiger partial charge on any atom is 0.225 e. The van der Waals surface area contributed by atoms with Gasteiger partial charge in [0, 0.05) is 23.7 Å². The Kier molecular flexibility index (Phi) is 4.72.